The van der Waals surface area contributed by atoms with Gasteiger partial charge in [0.2, 0.25) is 5.91 Å². The molecule has 62 valence electrons. The molecule has 0 spiro atoms. The number of hydrogen-bond acceptors (Lipinski definition) is 2. The quantitative estimate of drug-likeness (QED) is 0.552. The van der Waals surface area contributed by atoms with Crippen LogP contribution in [-0.4, -0.2) is 18.5 Å². The van der Waals surface area contributed by atoms with Crippen LogP contribution in [0, 0.1) is 11.8 Å². The molecule has 1 aliphatic carbocycles. The lowest BCUT2D eigenvalue weighted by atomic mass is 9.94. The first-order valence-corrected chi connectivity index (χ1v) is 4.32. The van der Waals surface area contributed by atoms with E-state index in [2.05, 4.69) is 5.32 Å². The number of hydrogen-bond donors (Lipinski definition) is 2. The van der Waals surface area contributed by atoms with Crippen LogP contribution < -0.4 is 11.1 Å². The zero-order chi connectivity index (χ0) is 7.84. The fourth-order valence-corrected chi connectivity index (χ4v) is 2.50. The molecule has 0 radical (unpaired) electrons. The third-order valence-corrected chi connectivity index (χ3v) is 3.05. The van der Waals surface area contributed by atoms with Crippen molar-refractivity contribution in [3.63, 3.8) is 0 Å². The lowest BCUT2D eigenvalue weighted by Gasteiger charge is -2.13. The van der Waals surface area contributed by atoms with Gasteiger partial charge in [0.05, 0.1) is 6.04 Å². The fourth-order valence-electron chi connectivity index (χ4n) is 2.50. The standard InChI is InChI=1S/C8H14N2O/c9-8(11)7-6-3-1-2-5(6)4-10-7/h5-7,10H,1-4H2,(H2,9,11)/t5-,6+,7+/m0/s1. The maximum atomic E-state index is 10.9. The van der Waals surface area contributed by atoms with Gasteiger partial charge in [0.25, 0.3) is 0 Å². The van der Waals surface area contributed by atoms with Crippen LogP contribution in [-0.2, 0) is 4.79 Å². The van der Waals surface area contributed by atoms with Gasteiger partial charge in [-0.2, -0.15) is 0 Å². The van der Waals surface area contributed by atoms with Gasteiger partial charge in [-0.15, -0.1) is 0 Å². The monoisotopic (exact) mass is 154 g/mol. The van der Waals surface area contributed by atoms with E-state index in [0.29, 0.717) is 5.92 Å². The van der Waals surface area contributed by atoms with E-state index < -0.39 is 0 Å². The zero-order valence-electron chi connectivity index (χ0n) is 6.55. The molecule has 11 heavy (non-hydrogen) atoms. The van der Waals surface area contributed by atoms with Crippen molar-refractivity contribution in [2.45, 2.75) is 25.3 Å². The Hall–Kier alpha value is -0.570. The van der Waals surface area contributed by atoms with Gasteiger partial charge in [0.15, 0.2) is 0 Å². The Bertz CT molecular complexity index is 181. The first-order chi connectivity index (χ1) is 5.29. The predicted octanol–water partition coefficient (Wildman–Crippen LogP) is -0.140. The normalized spacial score (nSPS) is 42.4. The van der Waals surface area contributed by atoms with E-state index in [4.69, 9.17) is 5.73 Å². The topological polar surface area (TPSA) is 55.1 Å². The summed E-state index contributed by atoms with van der Waals surface area (Å²) in [5.41, 5.74) is 5.25. The summed E-state index contributed by atoms with van der Waals surface area (Å²) in [6.45, 7) is 0.998. The Labute approximate surface area is 66.3 Å². The zero-order valence-corrected chi connectivity index (χ0v) is 6.55. The molecule has 0 aromatic carbocycles. The molecule has 1 aliphatic heterocycles. The van der Waals surface area contributed by atoms with Crippen molar-refractivity contribution in [1.82, 2.24) is 5.32 Å². The maximum absolute atomic E-state index is 10.9. The molecule has 0 aromatic rings. The number of carbonyl (C=O) groups excluding carboxylic acids is 1. The molecule has 3 atom stereocenters. The molecule has 0 unspecified atom stereocenters. The van der Waals surface area contributed by atoms with Crippen molar-refractivity contribution in [3.05, 3.63) is 0 Å². The lowest BCUT2D eigenvalue weighted by Crippen LogP contribution is -2.40. The highest BCUT2D eigenvalue weighted by atomic mass is 16.1. The molecule has 1 saturated heterocycles. The number of fused-ring (bicyclic) bond motifs is 1. The summed E-state index contributed by atoms with van der Waals surface area (Å²) in [6.07, 6.45) is 3.74. The second-order valence-corrected chi connectivity index (χ2v) is 3.64. The molecule has 1 saturated carbocycles. The molecule has 3 N–H and O–H groups in total. The molecule has 0 aromatic heterocycles. The smallest absolute Gasteiger partial charge is 0.234 e. The summed E-state index contributed by atoms with van der Waals surface area (Å²) in [7, 11) is 0. The molecule has 1 heterocycles. The third kappa shape index (κ3) is 1.03. The fraction of sp³-hybridized carbons (Fsp3) is 0.875. The average Bonchev–Trinajstić information content (AvgIpc) is 2.41. The van der Waals surface area contributed by atoms with Gasteiger partial charge < -0.3 is 11.1 Å². The van der Waals surface area contributed by atoms with Crippen LogP contribution in [0.25, 0.3) is 0 Å². The highest BCUT2D eigenvalue weighted by Crippen LogP contribution is 2.37. The molecular weight excluding hydrogens is 140 g/mol. The average molecular weight is 154 g/mol. The van der Waals surface area contributed by atoms with E-state index in [1.165, 1.54) is 19.3 Å². The van der Waals surface area contributed by atoms with E-state index in [-0.39, 0.29) is 11.9 Å². The van der Waals surface area contributed by atoms with Crippen LogP contribution in [0.15, 0.2) is 0 Å². The van der Waals surface area contributed by atoms with Gasteiger partial charge >= 0.3 is 0 Å². The van der Waals surface area contributed by atoms with Crippen LogP contribution in [0.2, 0.25) is 0 Å². The number of carbonyl (C=O) groups is 1. The van der Waals surface area contributed by atoms with Crippen molar-refractivity contribution in [3.8, 4) is 0 Å². The van der Waals surface area contributed by atoms with E-state index in [9.17, 15) is 4.79 Å². The van der Waals surface area contributed by atoms with Crippen LogP contribution in [0.3, 0.4) is 0 Å². The molecule has 3 nitrogen and oxygen atoms in total. The van der Waals surface area contributed by atoms with Gasteiger partial charge in [-0.25, -0.2) is 0 Å². The van der Waals surface area contributed by atoms with E-state index in [1.54, 1.807) is 0 Å². The van der Waals surface area contributed by atoms with Gasteiger partial charge in [-0.05, 0) is 31.2 Å². The Morgan fingerprint density at radius 3 is 3.00 bits per heavy atom. The van der Waals surface area contributed by atoms with E-state index in [1.807, 2.05) is 0 Å². The van der Waals surface area contributed by atoms with Crippen molar-refractivity contribution >= 4 is 5.91 Å². The van der Waals surface area contributed by atoms with Crippen LogP contribution >= 0.6 is 0 Å². The SMILES string of the molecule is NC(=O)[C@@H]1NC[C@@H]2CCC[C@H]21. The first-order valence-electron chi connectivity index (χ1n) is 4.32. The maximum Gasteiger partial charge on any atom is 0.234 e. The predicted molar refractivity (Wildman–Crippen MR) is 41.8 cm³/mol. The summed E-state index contributed by atoms with van der Waals surface area (Å²) < 4.78 is 0. The van der Waals surface area contributed by atoms with Gasteiger partial charge in [-0.3, -0.25) is 4.79 Å². The van der Waals surface area contributed by atoms with Gasteiger partial charge in [0, 0.05) is 0 Å². The minimum Gasteiger partial charge on any atom is -0.368 e. The van der Waals surface area contributed by atoms with Crippen molar-refractivity contribution in [1.29, 1.82) is 0 Å². The number of primary amides is 1. The molecular formula is C8H14N2O. The Morgan fingerprint density at radius 2 is 2.27 bits per heavy atom. The lowest BCUT2D eigenvalue weighted by molar-refractivity contribution is -0.120. The molecule has 0 bridgehead atoms. The van der Waals surface area contributed by atoms with Gasteiger partial charge in [-0.1, -0.05) is 6.42 Å². The summed E-state index contributed by atoms with van der Waals surface area (Å²) >= 11 is 0. The van der Waals surface area contributed by atoms with E-state index in [0.717, 1.165) is 12.5 Å². The van der Waals surface area contributed by atoms with Gasteiger partial charge in [0.1, 0.15) is 0 Å². The summed E-state index contributed by atoms with van der Waals surface area (Å²) in [5, 5.41) is 3.18. The van der Waals surface area contributed by atoms with E-state index >= 15 is 0 Å². The van der Waals surface area contributed by atoms with Crippen molar-refractivity contribution in [2.24, 2.45) is 17.6 Å². The number of amides is 1. The Balaban J connectivity index is 2.08. The molecule has 3 heteroatoms. The second-order valence-electron chi connectivity index (χ2n) is 3.64. The first kappa shape index (κ1) is 7.10. The van der Waals surface area contributed by atoms with Crippen LogP contribution in [0.4, 0.5) is 0 Å². The summed E-state index contributed by atoms with van der Waals surface area (Å²) in [5.74, 6) is 1.11. The second kappa shape index (κ2) is 2.48. The largest absolute Gasteiger partial charge is 0.368 e. The summed E-state index contributed by atoms with van der Waals surface area (Å²) in [6, 6.07) is -0.0255. The highest BCUT2D eigenvalue weighted by molar-refractivity contribution is 5.80. The van der Waals surface area contributed by atoms with Crippen LogP contribution in [0.1, 0.15) is 19.3 Å². The van der Waals surface area contributed by atoms with Crippen LogP contribution in [0.5, 0.6) is 0 Å². The molecule has 2 fully saturated rings. The molecule has 1 amide bonds. The Morgan fingerprint density at radius 1 is 1.45 bits per heavy atom. The van der Waals surface area contributed by atoms with Crippen molar-refractivity contribution in [2.75, 3.05) is 6.54 Å². The minimum absolute atomic E-state index is 0.0255. The molecule has 2 rings (SSSR count). The third-order valence-electron chi connectivity index (χ3n) is 3.05. The number of nitrogens with one attached hydrogen (secondary N) is 1. The summed E-state index contributed by atoms with van der Waals surface area (Å²) in [4.78, 5) is 10.9. The Kier molecular flexibility index (Phi) is 1.60. The van der Waals surface area contributed by atoms with Crippen molar-refractivity contribution < 1.29 is 4.79 Å². The highest BCUT2D eigenvalue weighted by Gasteiger charge is 2.41. The molecule has 2 aliphatic rings. The number of rotatable bonds is 1. The minimum atomic E-state index is -0.167. The number of nitrogens with two attached hydrogens (primary N) is 1.